The van der Waals surface area contributed by atoms with Gasteiger partial charge in [0, 0.05) is 48.3 Å². The van der Waals surface area contributed by atoms with E-state index in [0.29, 0.717) is 0 Å². The van der Waals surface area contributed by atoms with Gasteiger partial charge in [-0.25, -0.2) is 0 Å². The van der Waals surface area contributed by atoms with Crippen LogP contribution in [0.4, 0.5) is 17.1 Å². The predicted octanol–water partition coefficient (Wildman–Crippen LogP) is 15.6. The van der Waals surface area contributed by atoms with Crippen LogP contribution in [-0.2, 0) is 0 Å². The van der Waals surface area contributed by atoms with Crippen molar-refractivity contribution >= 4 is 81.3 Å². The normalized spacial score (nSPS) is 11.6. The lowest BCUT2D eigenvalue weighted by Gasteiger charge is -2.28. The summed E-state index contributed by atoms with van der Waals surface area (Å²) >= 11 is 1.86. The molecule has 0 fully saturated rings. The van der Waals surface area contributed by atoms with Crippen molar-refractivity contribution in [3.63, 3.8) is 0 Å². The minimum Gasteiger partial charge on any atom is -0.455 e. The summed E-state index contributed by atoms with van der Waals surface area (Å²) in [7, 11) is 0. The van der Waals surface area contributed by atoms with Crippen LogP contribution in [-0.4, -0.2) is 0 Å². The molecule has 0 radical (unpaired) electrons. The molecule has 2 nitrogen and oxygen atoms in total. The lowest BCUT2D eigenvalue weighted by molar-refractivity contribution is 0.674. The summed E-state index contributed by atoms with van der Waals surface area (Å²) in [5.41, 5.74) is 12.1. The van der Waals surface area contributed by atoms with Crippen LogP contribution in [0.2, 0.25) is 0 Å². The maximum absolute atomic E-state index is 7.05. The Morgan fingerprint density at radius 2 is 0.909 bits per heavy atom. The lowest BCUT2D eigenvalue weighted by Crippen LogP contribution is -2.10. The second-order valence-electron chi connectivity index (χ2n) is 14.1. The maximum Gasteiger partial charge on any atom is 0.143 e. The number of benzene rings is 9. The number of hydrogen-bond acceptors (Lipinski definition) is 3. The van der Waals surface area contributed by atoms with Crippen LogP contribution < -0.4 is 4.90 Å². The molecule has 0 unspecified atom stereocenters. The Bertz CT molecular complexity index is 3180. The summed E-state index contributed by atoms with van der Waals surface area (Å²) in [5.74, 6) is 0. The second kappa shape index (κ2) is 12.9. The van der Waals surface area contributed by atoms with Crippen molar-refractivity contribution in [1.82, 2.24) is 0 Å². The molecule has 0 N–H and O–H groups in total. The van der Waals surface area contributed by atoms with Gasteiger partial charge in [0.15, 0.2) is 0 Å². The van der Waals surface area contributed by atoms with Gasteiger partial charge in [0.1, 0.15) is 11.2 Å². The van der Waals surface area contributed by atoms with Crippen LogP contribution >= 0.6 is 11.3 Å². The zero-order valence-electron chi connectivity index (χ0n) is 29.8. The average Bonchev–Trinajstić information content (AvgIpc) is 3.84. The molecule has 11 aromatic rings. The van der Waals surface area contributed by atoms with Crippen LogP contribution in [0.3, 0.4) is 0 Å². The SMILES string of the molecule is c1ccc(-c2ccc(N(c3cc4c5cc(-c6ccccc6)cc(-c6ccccc6)c5oc4c4ccccc34)c3cccc4c3sc3ccccc34)cc2)cc1. The van der Waals surface area contributed by atoms with E-state index in [0.717, 1.165) is 66.5 Å². The molecule has 11 rings (SSSR count). The average molecular weight is 720 g/mol. The molecule has 55 heavy (non-hydrogen) atoms. The van der Waals surface area contributed by atoms with Crippen molar-refractivity contribution in [3.8, 4) is 33.4 Å². The van der Waals surface area contributed by atoms with E-state index < -0.39 is 0 Å². The van der Waals surface area contributed by atoms with Gasteiger partial charge >= 0.3 is 0 Å². The third kappa shape index (κ3) is 5.24. The van der Waals surface area contributed by atoms with Crippen LogP contribution in [0.1, 0.15) is 0 Å². The third-order valence-electron chi connectivity index (χ3n) is 10.8. The molecule has 0 bridgehead atoms. The topological polar surface area (TPSA) is 16.4 Å². The summed E-state index contributed by atoms with van der Waals surface area (Å²) in [6, 6.07) is 72.0. The molecular formula is C52H33NOS. The smallest absolute Gasteiger partial charge is 0.143 e. The summed E-state index contributed by atoms with van der Waals surface area (Å²) in [5, 5.41) is 6.95. The number of hydrogen-bond donors (Lipinski definition) is 0. The maximum atomic E-state index is 7.05. The number of rotatable bonds is 6. The van der Waals surface area contributed by atoms with E-state index in [1.165, 1.54) is 36.9 Å². The second-order valence-corrected chi connectivity index (χ2v) is 15.1. The Morgan fingerprint density at radius 3 is 1.64 bits per heavy atom. The van der Waals surface area contributed by atoms with Crippen molar-refractivity contribution < 1.29 is 4.42 Å². The first kappa shape index (κ1) is 31.6. The number of fused-ring (bicyclic) bond motifs is 8. The summed E-state index contributed by atoms with van der Waals surface area (Å²) < 4.78 is 9.59. The van der Waals surface area contributed by atoms with Crippen molar-refractivity contribution in [3.05, 3.63) is 200 Å². The van der Waals surface area contributed by atoms with Gasteiger partial charge in [-0.15, -0.1) is 11.3 Å². The zero-order chi connectivity index (χ0) is 36.3. The molecule has 0 spiro atoms. The monoisotopic (exact) mass is 719 g/mol. The molecular weight excluding hydrogens is 687 g/mol. The highest BCUT2D eigenvalue weighted by Crippen LogP contribution is 2.50. The zero-order valence-corrected chi connectivity index (χ0v) is 30.6. The van der Waals surface area contributed by atoms with E-state index in [1.807, 2.05) is 11.3 Å². The molecule has 2 heterocycles. The quantitative estimate of drug-likeness (QED) is 0.170. The Morgan fingerprint density at radius 1 is 0.345 bits per heavy atom. The Labute approximate surface area is 322 Å². The fourth-order valence-corrected chi connectivity index (χ4v) is 9.45. The molecule has 0 amide bonds. The van der Waals surface area contributed by atoms with E-state index in [4.69, 9.17) is 4.42 Å². The molecule has 0 aliphatic rings. The standard InChI is InChI=1S/C52H33NOS/c1-4-15-34(16-5-1)36-27-29-39(30-28-36)53(47-25-14-24-43-41-22-12-13-26-49(41)55-52(43)47)48-33-46-45-32-38(35-17-6-2-7-18-35)31-44(37-19-8-3-9-20-37)51(45)54-50(46)42-23-11-10-21-40(42)48/h1-33H. The molecule has 0 aliphatic carbocycles. The minimum absolute atomic E-state index is 0.897. The highest BCUT2D eigenvalue weighted by atomic mass is 32.1. The largest absolute Gasteiger partial charge is 0.455 e. The highest BCUT2D eigenvalue weighted by molar-refractivity contribution is 7.26. The molecule has 0 aliphatic heterocycles. The van der Waals surface area contributed by atoms with E-state index in [-0.39, 0.29) is 0 Å². The van der Waals surface area contributed by atoms with Gasteiger partial charge in [0.2, 0.25) is 0 Å². The Hall–Kier alpha value is -6.94. The van der Waals surface area contributed by atoms with Gasteiger partial charge in [-0.3, -0.25) is 0 Å². The van der Waals surface area contributed by atoms with Crippen molar-refractivity contribution in [2.75, 3.05) is 4.90 Å². The van der Waals surface area contributed by atoms with Gasteiger partial charge < -0.3 is 9.32 Å². The van der Waals surface area contributed by atoms with Gasteiger partial charge in [-0.2, -0.15) is 0 Å². The van der Waals surface area contributed by atoms with Gasteiger partial charge in [0.05, 0.1) is 16.1 Å². The number of nitrogens with zero attached hydrogens (tertiary/aromatic N) is 1. The van der Waals surface area contributed by atoms with Gasteiger partial charge in [-0.05, 0) is 70.3 Å². The molecule has 0 saturated heterocycles. The van der Waals surface area contributed by atoms with Crippen LogP contribution in [0, 0.1) is 0 Å². The molecule has 2 aromatic heterocycles. The number of furan rings is 1. The van der Waals surface area contributed by atoms with Crippen molar-refractivity contribution in [2.24, 2.45) is 0 Å². The first-order valence-corrected chi connectivity index (χ1v) is 19.5. The van der Waals surface area contributed by atoms with Crippen molar-refractivity contribution in [1.29, 1.82) is 0 Å². The summed E-state index contributed by atoms with van der Waals surface area (Å²) in [6.45, 7) is 0. The molecule has 0 atom stereocenters. The molecule has 3 heteroatoms. The number of thiophene rings is 1. The molecule has 258 valence electrons. The highest BCUT2D eigenvalue weighted by Gasteiger charge is 2.24. The van der Waals surface area contributed by atoms with E-state index in [9.17, 15) is 0 Å². The number of anilines is 3. The summed E-state index contributed by atoms with van der Waals surface area (Å²) in [4.78, 5) is 2.46. The van der Waals surface area contributed by atoms with E-state index in [2.05, 4.69) is 205 Å². The third-order valence-corrected chi connectivity index (χ3v) is 12.1. The van der Waals surface area contributed by atoms with Crippen LogP contribution in [0.5, 0.6) is 0 Å². The minimum atomic E-state index is 0.897. The van der Waals surface area contributed by atoms with Gasteiger partial charge in [0.25, 0.3) is 0 Å². The van der Waals surface area contributed by atoms with Crippen LogP contribution in [0.15, 0.2) is 205 Å². The van der Waals surface area contributed by atoms with E-state index in [1.54, 1.807) is 0 Å². The summed E-state index contributed by atoms with van der Waals surface area (Å²) in [6.07, 6.45) is 0. The Kier molecular flexibility index (Phi) is 7.39. The molecule has 0 saturated carbocycles. The van der Waals surface area contributed by atoms with E-state index >= 15 is 0 Å². The first-order chi connectivity index (χ1) is 27.3. The fraction of sp³-hybridized carbons (Fsp3) is 0. The lowest BCUT2D eigenvalue weighted by atomic mass is 9.95. The first-order valence-electron chi connectivity index (χ1n) is 18.7. The predicted molar refractivity (Wildman–Crippen MR) is 235 cm³/mol. The van der Waals surface area contributed by atoms with Gasteiger partial charge in [-0.1, -0.05) is 158 Å². The fourth-order valence-electron chi connectivity index (χ4n) is 8.24. The molecule has 9 aromatic carbocycles. The van der Waals surface area contributed by atoms with Crippen LogP contribution in [0.25, 0.3) is 86.3 Å². The Balaban J connectivity index is 1.23. The van der Waals surface area contributed by atoms with Crippen molar-refractivity contribution in [2.45, 2.75) is 0 Å².